The van der Waals surface area contributed by atoms with E-state index < -0.39 is 0 Å². The molecule has 0 fully saturated rings. The van der Waals surface area contributed by atoms with Gasteiger partial charge in [0.25, 0.3) is 0 Å². The lowest BCUT2D eigenvalue weighted by Gasteiger charge is -2.32. The lowest BCUT2D eigenvalue weighted by Crippen LogP contribution is -2.33. The van der Waals surface area contributed by atoms with Crippen LogP contribution in [-0.4, -0.2) is 11.5 Å². The number of nitrogens with zero attached hydrogens (tertiary/aromatic N) is 1. The Hall–Kier alpha value is -0.890. The van der Waals surface area contributed by atoms with Gasteiger partial charge in [-0.3, -0.25) is 4.98 Å². The standard InChI is InChI=1S/C14H24N2/c1-7-15-13(14(4,5)6)12-9-8-10(2)16-11(12)3/h8-9,13,15H,7H2,1-6H3. The molecule has 1 rings (SSSR count). The highest BCUT2D eigenvalue weighted by Gasteiger charge is 2.26. The Morgan fingerprint density at radius 3 is 2.31 bits per heavy atom. The van der Waals surface area contributed by atoms with Gasteiger partial charge in [-0.1, -0.05) is 33.8 Å². The summed E-state index contributed by atoms with van der Waals surface area (Å²) in [7, 11) is 0. The summed E-state index contributed by atoms with van der Waals surface area (Å²) in [4.78, 5) is 4.55. The van der Waals surface area contributed by atoms with Gasteiger partial charge in [0.15, 0.2) is 0 Å². The quantitative estimate of drug-likeness (QED) is 0.844. The number of aromatic nitrogens is 1. The van der Waals surface area contributed by atoms with Crippen LogP contribution < -0.4 is 5.32 Å². The van der Waals surface area contributed by atoms with E-state index in [2.05, 4.69) is 57.1 Å². The van der Waals surface area contributed by atoms with Crippen molar-refractivity contribution in [1.82, 2.24) is 10.3 Å². The minimum Gasteiger partial charge on any atom is -0.310 e. The van der Waals surface area contributed by atoms with E-state index in [1.165, 1.54) is 5.56 Å². The van der Waals surface area contributed by atoms with Crippen molar-refractivity contribution < 1.29 is 0 Å². The van der Waals surface area contributed by atoms with Crippen LogP contribution in [0.5, 0.6) is 0 Å². The van der Waals surface area contributed by atoms with E-state index in [4.69, 9.17) is 0 Å². The lowest BCUT2D eigenvalue weighted by molar-refractivity contribution is 0.275. The predicted octanol–water partition coefficient (Wildman–Crippen LogP) is 3.40. The van der Waals surface area contributed by atoms with Crippen LogP contribution in [0.1, 0.15) is 50.7 Å². The summed E-state index contributed by atoms with van der Waals surface area (Å²) < 4.78 is 0. The van der Waals surface area contributed by atoms with E-state index in [9.17, 15) is 0 Å². The van der Waals surface area contributed by atoms with Crippen LogP contribution in [-0.2, 0) is 0 Å². The fourth-order valence-electron chi connectivity index (χ4n) is 2.09. The van der Waals surface area contributed by atoms with Gasteiger partial charge in [-0.15, -0.1) is 0 Å². The Kier molecular flexibility index (Phi) is 4.09. The zero-order valence-corrected chi connectivity index (χ0v) is 11.4. The summed E-state index contributed by atoms with van der Waals surface area (Å²) in [5.41, 5.74) is 3.75. The summed E-state index contributed by atoms with van der Waals surface area (Å²) in [6, 6.07) is 4.67. The molecule has 0 radical (unpaired) electrons. The number of aryl methyl sites for hydroxylation is 2. The van der Waals surface area contributed by atoms with Crippen molar-refractivity contribution in [2.45, 2.75) is 47.6 Å². The number of hydrogen-bond acceptors (Lipinski definition) is 2. The first-order valence-corrected chi connectivity index (χ1v) is 6.03. The van der Waals surface area contributed by atoms with Gasteiger partial charge in [0, 0.05) is 17.4 Å². The molecule has 0 bridgehead atoms. The molecule has 0 saturated carbocycles. The van der Waals surface area contributed by atoms with Gasteiger partial charge in [0.1, 0.15) is 0 Å². The minimum atomic E-state index is 0.206. The summed E-state index contributed by atoms with van der Waals surface area (Å²) in [6.45, 7) is 14.1. The monoisotopic (exact) mass is 220 g/mol. The highest BCUT2D eigenvalue weighted by molar-refractivity contribution is 5.26. The number of nitrogens with one attached hydrogen (secondary N) is 1. The maximum absolute atomic E-state index is 4.55. The predicted molar refractivity (Wildman–Crippen MR) is 69.6 cm³/mol. The lowest BCUT2D eigenvalue weighted by atomic mass is 9.81. The van der Waals surface area contributed by atoms with E-state index in [0.717, 1.165) is 17.9 Å². The number of rotatable bonds is 3. The molecule has 0 aliphatic rings. The normalized spacial score (nSPS) is 13.9. The van der Waals surface area contributed by atoms with Crippen molar-refractivity contribution in [3.05, 3.63) is 29.1 Å². The van der Waals surface area contributed by atoms with Gasteiger partial charge in [-0.05, 0) is 37.4 Å². The summed E-state index contributed by atoms with van der Waals surface area (Å²) in [6.07, 6.45) is 0. The van der Waals surface area contributed by atoms with Gasteiger partial charge in [-0.2, -0.15) is 0 Å². The largest absolute Gasteiger partial charge is 0.310 e. The van der Waals surface area contributed by atoms with Crippen LogP contribution in [0.2, 0.25) is 0 Å². The first-order valence-electron chi connectivity index (χ1n) is 6.03. The molecule has 2 heteroatoms. The fraction of sp³-hybridized carbons (Fsp3) is 0.643. The zero-order chi connectivity index (χ0) is 12.3. The summed E-state index contributed by atoms with van der Waals surface area (Å²) in [5, 5.41) is 3.56. The first-order chi connectivity index (χ1) is 7.36. The average molecular weight is 220 g/mol. The smallest absolute Gasteiger partial charge is 0.0423 e. The second-order valence-corrected chi connectivity index (χ2v) is 5.48. The van der Waals surface area contributed by atoms with Gasteiger partial charge in [-0.25, -0.2) is 0 Å². The highest BCUT2D eigenvalue weighted by Crippen LogP contribution is 2.33. The molecule has 90 valence electrons. The molecule has 0 aromatic carbocycles. The molecular weight excluding hydrogens is 196 g/mol. The molecule has 1 atom stereocenters. The second-order valence-electron chi connectivity index (χ2n) is 5.48. The number of pyridine rings is 1. The maximum Gasteiger partial charge on any atom is 0.0423 e. The topological polar surface area (TPSA) is 24.9 Å². The van der Waals surface area contributed by atoms with Gasteiger partial charge in [0.2, 0.25) is 0 Å². The van der Waals surface area contributed by atoms with E-state index in [1.54, 1.807) is 0 Å². The molecule has 1 aromatic heterocycles. The molecule has 2 nitrogen and oxygen atoms in total. The van der Waals surface area contributed by atoms with Crippen molar-refractivity contribution in [2.24, 2.45) is 5.41 Å². The third kappa shape index (κ3) is 3.05. The van der Waals surface area contributed by atoms with Crippen molar-refractivity contribution in [3.8, 4) is 0 Å². The SMILES string of the molecule is CCNC(c1ccc(C)nc1C)C(C)(C)C. The Balaban J connectivity index is 3.11. The summed E-state index contributed by atoms with van der Waals surface area (Å²) >= 11 is 0. The zero-order valence-electron chi connectivity index (χ0n) is 11.4. The molecule has 0 spiro atoms. The second kappa shape index (κ2) is 4.96. The van der Waals surface area contributed by atoms with Crippen LogP contribution in [0.3, 0.4) is 0 Å². The Morgan fingerprint density at radius 1 is 1.25 bits per heavy atom. The van der Waals surface area contributed by atoms with E-state index in [-0.39, 0.29) is 5.41 Å². The molecule has 1 N–H and O–H groups in total. The average Bonchev–Trinajstić information content (AvgIpc) is 2.13. The van der Waals surface area contributed by atoms with E-state index in [0.29, 0.717) is 6.04 Å². The maximum atomic E-state index is 4.55. The molecule has 0 aliphatic heterocycles. The minimum absolute atomic E-state index is 0.206. The van der Waals surface area contributed by atoms with Gasteiger partial charge in [0.05, 0.1) is 0 Å². The third-order valence-corrected chi connectivity index (χ3v) is 2.85. The Labute approximate surface area is 99.5 Å². The Bertz CT molecular complexity index is 350. The van der Waals surface area contributed by atoms with Crippen molar-refractivity contribution in [2.75, 3.05) is 6.54 Å². The molecule has 0 saturated heterocycles. The van der Waals surface area contributed by atoms with Crippen LogP contribution in [0, 0.1) is 19.3 Å². The summed E-state index contributed by atoms with van der Waals surface area (Å²) in [5.74, 6) is 0. The van der Waals surface area contributed by atoms with Crippen molar-refractivity contribution in [1.29, 1.82) is 0 Å². The number of hydrogen-bond donors (Lipinski definition) is 1. The fourth-order valence-corrected chi connectivity index (χ4v) is 2.09. The Morgan fingerprint density at radius 2 is 1.88 bits per heavy atom. The van der Waals surface area contributed by atoms with Crippen LogP contribution in [0.15, 0.2) is 12.1 Å². The van der Waals surface area contributed by atoms with Crippen LogP contribution >= 0.6 is 0 Å². The van der Waals surface area contributed by atoms with Crippen LogP contribution in [0.25, 0.3) is 0 Å². The van der Waals surface area contributed by atoms with Crippen molar-refractivity contribution >= 4 is 0 Å². The molecule has 1 aromatic rings. The van der Waals surface area contributed by atoms with E-state index in [1.807, 2.05) is 6.92 Å². The van der Waals surface area contributed by atoms with Crippen molar-refractivity contribution in [3.63, 3.8) is 0 Å². The van der Waals surface area contributed by atoms with E-state index >= 15 is 0 Å². The molecule has 0 amide bonds. The highest BCUT2D eigenvalue weighted by atomic mass is 14.9. The molecular formula is C14H24N2. The molecule has 16 heavy (non-hydrogen) atoms. The third-order valence-electron chi connectivity index (χ3n) is 2.85. The molecule has 1 heterocycles. The first kappa shape index (κ1) is 13.2. The van der Waals surface area contributed by atoms with Crippen LogP contribution in [0.4, 0.5) is 0 Å². The van der Waals surface area contributed by atoms with Gasteiger partial charge >= 0.3 is 0 Å². The van der Waals surface area contributed by atoms with Gasteiger partial charge < -0.3 is 5.32 Å². The molecule has 0 aliphatic carbocycles. The molecule has 1 unspecified atom stereocenters.